The zero-order valence-corrected chi connectivity index (χ0v) is 14.1. The van der Waals surface area contributed by atoms with Crippen molar-refractivity contribution in [3.05, 3.63) is 70.2 Å². The van der Waals surface area contributed by atoms with Gasteiger partial charge in [-0.1, -0.05) is 23.7 Å². The molecule has 0 unspecified atom stereocenters. The smallest absolute Gasteiger partial charge is 0.275 e. The highest BCUT2D eigenvalue weighted by Crippen LogP contribution is 2.14. The molecule has 3 nitrogen and oxygen atoms in total. The summed E-state index contributed by atoms with van der Waals surface area (Å²) in [5, 5.41) is 5.20. The molecule has 0 saturated heterocycles. The Morgan fingerprint density at radius 2 is 2.04 bits per heavy atom. The minimum absolute atomic E-state index is 0.133. The average Bonchev–Trinajstić information content (AvgIpc) is 2.53. The minimum Gasteiger partial charge on any atom is -0.351 e. The first kappa shape index (κ1) is 18.4. The summed E-state index contributed by atoms with van der Waals surface area (Å²) in [7, 11) is 0. The number of nitrogens with two attached hydrogens (primary N) is 1. The van der Waals surface area contributed by atoms with Crippen LogP contribution >= 0.6 is 11.6 Å². The lowest BCUT2D eigenvalue weighted by atomic mass is 10.1. The summed E-state index contributed by atoms with van der Waals surface area (Å²) in [6.45, 7) is 2.45. The van der Waals surface area contributed by atoms with Crippen LogP contribution in [0.2, 0.25) is 5.02 Å². The first-order valence-corrected chi connectivity index (χ1v) is 8.13. The molecule has 0 heterocycles. The molecule has 2 aromatic rings. The molecule has 24 heavy (non-hydrogen) atoms. The summed E-state index contributed by atoms with van der Waals surface area (Å²) in [6.07, 6.45) is 0.689. The van der Waals surface area contributed by atoms with Gasteiger partial charge in [-0.3, -0.25) is 4.79 Å². The minimum atomic E-state index is -0.609. The Morgan fingerprint density at radius 3 is 2.75 bits per heavy atom. The lowest BCUT2D eigenvalue weighted by Gasteiger charge is -2.12. The number of hydrogen-bond donors (Lipinski definition) is 2. The van der Waals surface area contributed by atoms with Crippen LogP contribution in [0, 0.1) is 11.6 Å². The SMILES string of the molecule is C[C@@H]([NH2+]CC(=O)NCCc1cccc(Cl)c1)c1ccc(F)cc1F. The van der Waals surface area contributed by atoms with Crippen molar-refractivity contribution in [1.82, 2.24) is 5.32 Å². The van der Waals surface area contributed by atoms with Gasteiger partial charge in [-0.2, -0.15) is 0 Å². The summed E-state index contributed by atoms with van der Waals surface area (Å²) >= 11 is 5.91. The second-order valence-electron chi connectivity index (χ2n) is 5.62. The molecular formula is C18H20ClF2N2O+. The van der Waals surface area contributed by atoms with E-state index in [2.05, 4.69) is 5.32 Å². The number of rotatable bonds is 7. The van der Waals surface area contributed by atoms with Crippen LogP contribution in [0.1, 0.15) is 24.1 Å². The predicted octanol–water partition coefficient (Wildman–Crippen LogP) is 2.60. The summed E-state index contributed by atoms with van der Waals surface area (Å²) in [5.74, 6) is -1.34. The molecule has 0 saturated carbocycles. The van der Waals surface area contributed by atoms with E-state index < -0.39 is 11.6 Å². The van der Waals surface area contributed by atoms with Crippen LogP contribution in [-0.2, 0) is 11.2 Å². The van der Waals surface area contributed by atoms with E-state index in [4.69, 9.17) is 11.6 Å². The third-order valence-corrected chi connectivity index (χ3v) is 3.97. The average molecular weight is 354 g/mol. The number of quaternary nitrogens is 1. The molecule has 0 aliphatic rings. The molecule has 6 heteroatoms. The topological polar surface area (TPSA) is 45.7 Å². The summed E-state index contributed by atoms with van der Waals surface area (Å²) in [4.78, 5) is 11.9. The van der Waals surface area contributed by atoms with Crippen molar-refractivity contribution in [2.45, 2.75) is 19.4 Å². The molecular weight excluding hydrogens is 334 g/mol. The molecule has 0 aliphatic carbocycles. The van der Waals surface area contributed by atoms with E-state index in [1.54, 1.807) is 18.3 Å². The van der Waals surface area contributed by atoms with Crippen molar-refractivity contribution < 1.29 is 18.9 Å². The predicted molar refractivity (Wildman–Crippen MR) is 89.7 cm³/mol. The standard InChI is InChI=1S/C18H19ClF2N2O/c1-12(16-6-5-15(20)10-17(16)21)23-11-18(24)22-8-7-13-3-2-4-14(19)9-13/h2-6,9-10,12,23H,7-8,11H2,1H3,(H,22,24)/p+1/t12-/m1/s1. The number of carbonyl (C=O) groups excluding carboxylic acids is 1. The van der Waals surface area contributed by atoms with Gasteiger partial charge in [-0.15, -0.1) is 0 Å². The van der Waals surface area contributed by atoms with E-state index in [1.165, 1.54) is 12.1 Å². The molecule has 1 atom stereocenters. The summed E-state index contributed by atoms with van der Waals surface area (Å²) in [6, 6.07) is 10.7. The number of halogens is 3. The van der Waals surface area contributed by atoms with Crippen molar-refractivity contribution in [2.24, 2.45) is 0 Å². The number of amides is 1. The Balaban J connectivity index is 1.74. The highest BCUT2D eigenvalue weighted by atomic mass is 35.5. The molecule has 0 aromatic heterocycles. The number of benzene rings is 2. The van der Waals surface area contributed by atoms with Crippen LogP contribution in [0.5, 0.6) is 0 Å². The quantitative estimate of drug-likeness (QED) is 0.789. The Labute approximate surface area is 145 Å². The van der Waals surface area contributed by atoms with Gasteiger partial charge in [0.25, 0.3) is 5.91 Å². The van der Waals surface area contributed by atoms with Crippen LogP contribution in [0.15, 0.2) is 42.5 Å². The number of nitrogens with one attached hydrogen (secondary N) is 1. The van der Waals surface area contributed by atoms with E-state index in [0.717, 1.165) is 11.6 Å². The third kappa shape index (κ3) is 5.58. The fourth-order valence-electron chi connectivity index (χ4n) is 2.39. The molecule has 1 amide bonds. The maximum atomic E-state index is 13.7. The molecule has 0 radical (unpaired) electrons. The van der Waals surface area contributed by atoms with Crippen molar-refractivity contribution in [3.8, 4) is 0 Å². The fourth-order valence-corrected chi connectivity index (χ4v) is 2.61. The number of carbonyl (C=O) groups is 1. The van der Waals surface area contributed by atoms with Gasteiger partial charge in [0, 0.05) is 23.2 Å². The van der Waals surface area contributed by atoms with Crippen LogP contribution in [0.4, 0.5) is 8.78 Å². The molecule has 0 aliphatic heterocycles. The largest absolute Gasteiger partial charge is 0.351 e. The maximum Gasteiger partial charge on any atom is 0.275 e. The monoisotopic (exact) mass is 353 g/mol. The highest BCUT2D eigenvalue weighted by molar-refractivity contribution is 6.30. The molecule has 2 aromatic carbocycles. The van der Waals surface area contributed by atoms with Crippen molar-refractivity contribution in [3.63, 3.8) is 0 Å². The first-order chi connectivity index (χ1) is 11.5. The van der Waals surface area contributed by atoms with Gasteiger partial charge in [0.05, 0.1) is 0 Å². The fraction of sp³-hybridized carbons (Fsp3) is 0.278. The number of hydrogen-bond acceptors (Lipinski definition) is 1. The van der Waals surface area contributed by atoms with Crippen molar-refractivity contribution >= 4 is 17.5 Å². The molecule has 3 N–H and O–H groups in total. The van der Waals surface area contributed by atoms with E-state index >= 15 is 0 Å². The van der Waals surface area contributed by atoms with E-state index in [1.807, 2.05) is 18.2 Å². The normalized spacial score (nSPS) is 12.0. The zero-order valence-electron chi connectivity index (χ0n) is 13.4. The maximum absolute atomic E-state index is 13.7. The van der Waals surface area contributed by atoms with Gasteiger partial charge in [-0.05, 0) is 43.2 Å². The van der Waals surface area contributed by atoms with E-state index in [9.17, 15) is 13.6 Å². The van der Waals surface area contributed by atoms with Gasteiger partial charge in [0.2, 0.25) is 0 Å². The lowest BCUT2D eigenvalue weighted by Crippen LogP contribution is -2.87. The van der Waals surface area contributed by atoms with E-state index in [0.29, 0.717) is 23.6 Å². The van der Waals surface area contributed by atoms with Crippen LogP contribution in [0.3, 0.4) is 0 Å². The van der Waals surface area contributed by atoms with Gasteiger partial charge in [0.15, 0.2) is 6.54 Å². The lowest BCUT2D eigenvalue weighted by molar-refractivity contribution is -0.682. The van der Waals surface area contributed by atoms with Gasteiger partial charge in [0.1, 0.15) is 17.7 Å². The van der Waals surface area contributed by atoms with Crippen LogP contribution in [0.25, 0.3) is 0 Å². The molecule has 128 valence electrons. The summed E-state index contributed by atoms with van der Waals surface area (Å²) < 4.78 is 26.6. The van der Waals surface area contributed by atoms with Crippen LogP contribution in [-0.4, -0.2) is 19.0 Å². The summed E-state index contributed by atoms with van der Waals surface area (Å²) in [5.41, 5.74) is 1.43. The molecule has 0 fully saturated rings. The van der Waals surface area contributed by atoms with E-state index in [-0.39, 0.29) is 18.5 Å². The Hall–Kier alpha value is -1.98. The molecule has 0 spiro atoms. The van der Waals surface area contributed by atoms with Gasteiger partial charge >= 0.3 is 0 Å². The second kappa shape index (κ2) is 8.76. The van der Waals surface area contributed by atoms with Crippen molar-refractivity contribution in [2.75, 3.05) is 13.1 Å². The Bertz CT molecular complexity index is 709. The molecule has 0 bridgehead atoms. The van der Waals surface area contributed by atoms with Crippen molar-refractivity contribution in [1.29, 1.82) is 0 Å². The highest BCUT2D eigenvalue weighted by Gasteiger charge is 2.15. The Kier molecular flexibility index (Phi) is 6.70. The molecule has 2 rings (SSSR count). The second-order valence-corrected chi connectivity index (χ2v) is 6.06. The van der Waals surface area contributed by atoms with Gasteiger partial charge < -0.3 is 10.6 Å². The van der Waals surface area contributed by atoms with Crippen LogP contribution < -0.4 is 10.6 Å². The zero-order chi connectivity index (χ0) is 17.5. The first-order valence-electron chi connectivity index (χ1n) is 7.75. The van der Waals surface area contributed by atoms with Gasteiger partial charge in [-0.25, -0.2) is 8.78 Å². The third-order valence-electron chi connectivity index (χ3n) is 3.73. The Morgan fingerprint density at radius 1 is 1.25 bits per heavy atom.